The van der Waals surface area contributed by atoms with Gasteiger partial charge in [0.05, 0.1) is 12.0 Å². The number of carbonyl (C=O) groups is 3. The van der Waals surface area contributed by atoms with Crippen molar-refractivity contribution in [3.8, 4) is 11.5 Å². The van der Waals surface area contributed by atoms with Crippen LogP contribution in [0.15, 0.2) is 42.5 Å². The van der Waals surface area contributed by atoms with Crippen molar-refractivity contribution in [2.75, 3.05) is 38.7 Å². The molecule has 180 valence electrons. The second-order valence-electron chi connectivity index (χ2n) is 8.89. The van der Waals surface area contributed by atoms with Gasteiger partial charge in [-0.1, -0.05) is 36.6 Å². The summed E-state index contributed by atoms with van der Waals surface area (Å²) >= 11 is 0. The lowest BCUT2D eigenvalue weighted by Crippen LogP contribution is -2.40. The molecular formula is C26H30N2O6. The van der Waals surface area contributed by atoms with Crippen LogP contribution in [0.2, 0.25) is 0 Å². The molecule has 0 spiro atoms. The van der Waals surface area contributed by atoms with Crippen molar-refractivity contribution >= 4 is 23.5 Å². The van der Waals surface area contributed by atoms with Crippen LogP contribution in [0, 0.1) is 6.92 Å². The fourth-order valence-corrected chi connectivity index (χ4v) is 4.45. The maximum Gasteiger partial charge on any atom is 0.317 e. The highest BCUT2D eigenvalue weighted by atomic mass is 16.6. The van der Waals surface area contributed by atoms with Gasteiger partial charge in [0.15, 0.2) is 18.1 Å². The number of esters is 1. The molecule has 0 atom stereocenters. The van der Waals surface area contributed by atoms with E-state index in [1.807, 2.05) is 37.3 Å². The van der Waals surface area contributed by atoms with Crippen molar-refractivity contribution in [2.24, 2.45) is 0 Å². The molecule has 0 radical (unpaired) electrons. The van der Waals surface area contributed by atoms with Gasteiger partial charge in [0.1, 0.15) is 13.2 Å². The molecular weight excluding hydrogens is 436 g/mol. The molecule has 1 N–H and O–H groups in total. The van der Waals surface area contributed by atoms with Gasteiger partial charge in [-0.3, -0.25) is 14.4 Å². The Bertz CT molecular complexity index is 1060. The van der Waals surface area contributed by atoms with Crippen molar-refractivity contribution < 1.29 is 28.6 Å². The molecule has 0 saturated heterocycles. The van der Waals surface area contributed by atoms with Crippen LogP contribution in [0.25, 0.3) is 0 Å². The average Bonchev–Trinajstić information content (AvgIpc) is 3.34. The Labute approximate surface area is 199 Å². The number of benzene rings is 2. The van der Waals surface area contributed by atoms with Crippen LogP contribution < -0.4 is 14.8 Å². The summed E-state index contributed by atoms with van der Waals surface area (Å²) in [4.78, 5) is 39.3. The van der Waals surface area contributed by atoms with Crippen molar-refractivity contribution in [1.29, 1.82) is 0 Å². The van der Waals surface area contributed by atoms with Crippen LogP contribution >= 0.6 is 0 Å². The number of hydrogen-bond donors (Lipinski definition) is 1. The van der Waals surface area contributed by atoms with E-state index in [-0.39, 0.29) is 12.5 Å². The molecule has 8 heteroatoms. The van der Waals surface area contributed by atoms with Gasteiger partial charge in [-0.2, -0.15) is 0 Å². The van der Waals surface area contributed by atoms with Gasteiger partial charge in [-0.15, -0.1) is 0 Å². The Hall–Kier alpha value is -3.55. The second-order valence-corrected chi connectivity index (χ2v) is 8.89. The fraction of sp³-hybridized carbons (Fsp3) is 0.423. The lowest BCUT2D eigenvalue weighted by atomic mass is 9.78. The van der Waals surface area contributed by atoms with Gasteiger partial charge in [0.25, 0.3) is 5.91 Å². The minimum Gasteiger partial charge on any atom is -0.486 e. The summed E-state index contributed by atoms with van der Waals surface area (Å²) in [5.41, 5.74) is 1.75. The van der Waals surface area contributed by atoms with E-state index in [0.29, 0.717) is 43.2 Å². The molecule has 34 heavy (non-hydrogen) atoms. The molecule has 1 heterocycles. The summed E-state index contributed by atoms with van der Waals surface area (Å²) in [6.45, 7) is 2.37. The topological polar surface area (TPSA) is 94.2 Å². The van der Waals surface area contributed by atoms with Gasteiger partial charge in [0.2, 0.25) is 5.91 Å². The molecule has 1 aliphatic heterocycles. The average molecular weight is 467 g/mol. The molecule has 1 saturated carbocycles. The number of nitrogens with one attached hydrogen (secondary N) is 1. The highest BCUT2D eigenvalue weighted by Gasteiger charge is 2.45. The molecule has 2 aromatic rings. The number of aryl methyl sites for hydroxylation is 1. The molecule has 1 fully saturated rings. The van der Waals surface area contributed by atoms with E-state index in [1.165, 1.54) is 11.9 Å². The third-order valence-corrected chi connectivity index (χ3v) is 6.41. The third-order valence-electron chi connectivity index (χ3n) is 6.41. The van der Waals surface area contributed by atoms with Gasteiger partial charge < -0.3 is 24.4 Å². The van der Waals surface area contributed by atoms with Crippen LogP contribution in [-0.4, -0.2) is 56.1 Å². The second kappa shape index (κ2) is 10.2. The summed E-state index contributed by atoms with van der Waals surface area (Å²) in [5.74, 6) is 0.0975. The van der Waals surface area contributed by atoms with Gasteiger partial charge in [0, 0.05) is 12.7 Å². The molecule has 4 rings (SSSR count). The fourth-order valence-electron chi connectivity index (χ4n) is 4.45. The zero-order valence-corrected chi connectivity index (χ0v) is 19.6. The number of hydrogen-bond acceptors (Lipinski definition) is 6. The molecule has 2 aromatic carbocycles. The predicted molar refractivity (Wildman–Crippen MR) is 126 cm³/mol. The minimum atomic E-state index is -0.808. The Morgan fingerprint density at radius 3 is 2.38 bits per heavy atom. The van der Waals surface area contributed by atoms with Gasteiger partial charge in [-0.25, -0.2) is 0 Å². The van der Waals surface area contributed by atoms with Crippen molar-refractivity contribution in [2.45, 2.75) is 38.0 Å². The number of likely N-dealkylation sites (N-methyl/N-ethyl adjacent to an activating group) is 1. The first-order chi connectivity index (χ1) is 16.4. The molecule has 8 nitrogen and oxygen atoms in total. The summed E-state index contributed by atoms with van der Waals surface area (Å²) < 4.78 is 16.8. The predicted octanol–water partition coefficient (Wildman–Crippen LogP) is 3.22. The standard InChI is InChI=1S/C26H30N2O6/c1-18-5-8-20(9-6-18)27-23(29)16-28(2)24(30)17-34-25(31)26(11-3-4-12-26)19-7-10-21-22(15-19)33-14-13-32-21/h5-10,15H,3-4,11-14,16-17H2,1-2H3,(H,27,29). The number of rotatable bonds is 7. The Balaban J connectivity index is 1.35. The van der Waals surface area contributed by atoms with E-state index in [2.05, 4.69) is 5.32 Å². The highest BCUT2D eigenvalue weighted by Crippen LogP contribution is 2.45. The molecule has 0 aromatic heterocycles. The summed E-state index contributed by atoms with van der Waals surface area (Å²) in [6, 6.07) is 12.9. The van der Waals surface area contributed by atoms with Crippen LogP contribution in [0.4, 0.5) is 5.69 Å². The van der Waals surface area contributed by atoms with E-state index >= 15 is 0 Å². The zero-order valence-electron chi connectivity index (χ0n) is 19.6. The number of nitrogens with zero attached hydrogens (tertiary/aromatic N) is 1. The largest absolute Gasteiger partial charge is 0.486 e. The number of anilines is 1. The number of ether oxygens (including phenoxy) is 3. The van der Waals surface area contributed by atoms with Crippen molar-refractivity contribution in [1.82, 2.24) is 4.90 Å². The summed E-state index contributed by atoms with van der Waals surface area (Å²) in [6.07, 6.45) is 3.09. The molecule has 1 aliphatic carbocycles. The summed E-state index contributed by atoms with van der Waals surface area (Å²) in [7, 11) is 1.51. The monoisotopic (exact) mass is 466 g/mol. The van der Waals surface area contributed by atoms with Crippen molar-refractivity contribution in [3.63, 3.8) is 0 Å². The number of carbonyl (C=O) groups excluding carboxylic acids is 3. The van der Waals surface area contributed by atoms with E-state index in [9.17, 15) is 14.4 Å². The molecule has 0 bridgehead atoms. The molecule has 2 aliphatic rings. The van der Waals surface area contributed by atoms with Crippen LogP contribution in [0.3, 0.4) is 0 Å². The van der Waals surface area contributed by atoms with E-state index in [4.69, 9.17) is 14.2 Å². The van der Waals surface area contributed by atoms with E-state index in [0.717, 1.165) is 24.0 Å². The first kappa shape index (κ1) is 23.6. The Morgan fingerprint density at radius 1 is 1.00 bits per heavy atom. The Morgan fingerprint density at radius 2 is 1.68 bits per heavy atom. The smallest absolute Gasteiger partial charge is 0.317 e. The molecule has 0 unspecified atom stereocenters. The van der Waals surface area contributed by atoms with Crippen LogP contribution in [0.5, 0.6) is 11.5 Å². The molecule has 2 amide bonds. The van der Waals surface area contributed by atoms with Crippen molar-refractivity contribution in [3.05, 3.63) is 53.6 Å². The minimum absolute atomic E-state index is 0.141. The summed E-state index contributed by atoms with van der Waals surface area (Å²) in [5, 5.41) is 2.75. The first-order valence-electron chi connectivity index (χ1n) is 11.6. The maximum absolute atomic E-state index is 13.2. The van der Waals surface area contributed by atoms with E-state index < -0.39 is 23.9 Å². The SMILES string of the molecule is Cc1ccc(NC(=O)CN(C)C(=O)COC(=O)C2(c3ccc4c(c3)OCCO4)CCCC2)cc1. The first-order valence-corrected chi connectivity index (χ1v) is 11.6. The van der Waals surface area contributed by atoms with E-state index in [1.54, 1.807) is 12.1 Å². The van der Waals surface area contributed by atoms with Crippen LogP contribution in [-0.2, 0) is 24.5 Å². The van der Waals surface area contributed by atoms with Gasteiger partial charge >= 0.3 is 5.97 Å². The zero-order chi connectivity index (χ0) is 24.1. The van der Waals surface area contributed by atoms with Crippen LogP contribution in [0.1, 0.15) is 36.8 Å². The maximum atomic E-state index is 13.2. The highest BCUT2D eigenvalue weighted by molar-refractivity contribution is 5.95. The number of fused-ring (bicyclic) bond motifs is 1. The Kier molecular flexibility index (Phi) is 7.05. The normalized spacial score (nSPS) is 15.9. The van der Waals surface area contributed by atoms with Gasteiger partial charge in [-0.05, 0) is 49.6 Å². The quantitative estimate of drug-likeness (QED) is 0.630. The third kappa shape index (κ3) is 5.16. The lowest BCUT2D eigenvalue weighted by molar-refractivity contribution is -0.156. The number of amides is 2. The lowest BCUT2D eigenvalue weighted by Gasteiger charge is -2.29.